The second-order valence-electron chi connectivity index (χ2n) is 7.57. The van der Waals surface area contributed by atoms with Crippen molar-refractivity contribution in [2.45, 2.75) is 88.9 Å². The average Bonchev–Trinajstić information content (AvgIpc) is 2.64. The van der Waals surface area contributed by atoms with Crippen LogP contribution in [0.25, 0.3) is 10.8 Å². The number of unbranched alkanes of at least 4 members (excludes halogenated alkanes) is 10. The molecular formula is C23H34O3S. The summed E-state index contributed by atoms with van der Waals surface area (Å²) in [5, 5.41) is 1.86. The van der Waals surface area contributed by atoms with Crippen molar-refractivity contribution in [1.29, 1.82) is 0 Å². The molecule has 1 N–H and O–H groups in total. The Balaban J connectivity index is 1.76. The van der Waals surface area contributed by atoms with Gasteiger partial charge in [-0.3, -0.25) is 4.55 Å². The quantitative estimate of drug-likeness (QED) is 0.298. The van der Waals surface area contributed by atoms with E-state index in [1.54, 1.807) is 6.07 Å². The highest BCUT2D eigenvalue weighted by atomic mass is 32.2. The first-order valence-electron chi connectivity index (χ1n) is 10.5. The molecule has 0 aromatic heterocycles. The molecular weight excluding hydrogens is 356 g/mol. The van der Waals surface area contributed by atoms with Crippen molar-refractivity contribution in [3.8, 4) is 0 Å². The summed E-state index contributed by atoms with van der Waals surface area (Å²) in [5.74, 6) is 0. The fourth-order valence-electron chi connectivity index (χ4n) is 3.68. The van der Waals surface area contributed by atoms with Gasteiger partial charge in [0.25, 0.3) is 10.1 Å². The van der Waals surface area contributed by atoms with Crippen LogP contribution in [0, 0.1) is 0 Å². The van der Waals surface area contributed by atoms with E-state index in [0.29, 0.717) is 6.42 Å². The molecule has 0 heterocycles. The summed E-state index contributed by atoms with van der Waals surface area (Å²) in [6.45, 7) is 2.25. The van der Waals surface area contributed by atoms with Gasteiger partial charge in [-0.05, 0) is 41.3 Å². The molecule has 0 fully saturated rings. The molecule has 0 saturated carbocycles. The van der Waals surface area contributed by atoms with Crippen molar-refractivity contribution in [3.05, 3.63) is 42.0 Å². The van der Waals surface area contributed by atoms with E-state index in [9.17, 15) is 13.0 Å². The fraction of sp³-hybridized carbons (Fsp3) is 0.565. The first-order valence-corrected chi connectivity index (χ1v) is 12.0. The lowest BCUT2D eigenvalue weighted by Gasteiger charge is -2.10. The molecule has 0 spiro atoms. The lowest BCUT2D eigenvalue weighted by Crippen LogP contribution is -2.03. The summed E-state index contributed by atoms with van der Waals surface area (Å²) in [4.78, 5) is 0.0632. The van der Waals surface area contributed by atoms with Gasteiger partial charge < -0.3 is 0 Å². The molecule has 0 amide bonds. The summed E-state index contributed by atoms with van der Waals surface area (Å²) in [6.07, 6.45) is 14.6. The van der Waals surface area contributed by atoms with Crippen LogP contribution in [0.5, 0.6) is 0 Å². The minimum absolute atomic E-state index is 0.0632. The van der Waals surface area contributed by atoms with Crippen LogP contribution >= 0.6 is 0 Å². The molecule has 0 radical (unpaired) electrons. The van der Waals surface area contributed by atoms with Gasteiger partial charge in [0.15, 0.2) is 0 Å². The Morgan fingerprint density at radius 1 is 0.741 bits per heavy atom. The zero-order valence-corrected chi connectivity index (χ0v) is 17.4. The van der Waals surface area contributed by atoms with Gasteiger partial charge in [0.2, 0.25) is 0 Å². The van der Waals surface area contributed by atoms with Gasteiger partial charge in [0.05, 0.1) is 4.90 Å². The summed E-state index contributed by atoms with van der Waals surface area (Å²) in [6, 6.07) is 11.2. The Bertz CT molecular complexity index is 796. The molecule has 0 aliphatic carbocycles. The Morgan fingerprint density at radius 2 is 1.22 bits per heavy atom. The van der Waals surface area contributed by atoms with Gasteiger partial charge in [-0.2, -0.15) is 8.42 Å². The second-order valence-corrected chi connectivity index (χ2v) is 8.96. The minimum Gasteiger partial charge on any atom is -0.282 e. The van der Waals surface area contributed by atoms with Gasteiger partial charge in [0.1, 0.15) is 0 Å². The first kappa shape index (κ1) is 21.9. The summed E-state index contributed by atoms with van der Waals surface area (Å²) < 4.78 is 33.1. The third-order valence-corrected chi connectivity index (χ3v) is 6.19. The molecule has 3 nitrogen and oxygen atoms in total. The highest BCUT2D eigenvalue weighted by molar-refractivity contribution is 7.85. The average molecular weight is 391 g/mol. The van der Waals surface area contributed by atoms with Crippen LogP contribution in [-0.4, -0.2) is 13.0 Å². The van der Waals surface area contributed by atoms with Crippen molar-refractivity contribution in [2.75, 3.05) is 0 Å². The van der Waals surface area contributed by atoms with Crippen molar-refractivity contribution < 1.29 is 13.0 Å². The van der Waals surface area contributed by atoms with E-state index in [4.69, 9.17) is 0 Å². The second kappa shape index (κ2) is 11.5. The third-order valence-electron chi connectivity index (χ3n) is 5.26. The molecule has 0 saturated heterocycles. The highest BCUT2D eigenvalue weighted by Gasteiger charge is 2.16. The zero-order valence-electron chi connectivity index (χ0n) is 16.6. The largest absolute Gasteiger partial charge is 0.294 e. The van der Waals surface area contributed by atoms with E-state index < -0.39 is 10.1 Å². The highest BCUT2D eigenvalue weighted by Crippen LogP contribution is 2.25. The van der Waals surface area contributed by atoms with E-state index in [1.165, 1.54) is 57.8 Å². The normalized spacial score (nSPS) is 11.9. The summed E-state index contributed by atoms with van der Waals surface area (Å²) in [5.41, 5.74) is 0.729. The van der Waals surface area contributed by atoms with Crippen LogP contribution in [0.3, 0.4) is 0 Å². The molecule has 0 aliphatic heterocycles. The molecule has 2 aromatic rings. The van der Waals surface area contributed by atoms with Gasteiger partial charge in [-0.25, -0.2) is 0 Å². The number of benzene rings is 2. The van der Waals surface area contributed by atoms with E-state index >= 15 is 0 Å². The summed E-state index contributed by atoms with van der Waals surface area (Å²) >= 11 is 0. The number of rotatable bonds is 13. The molecule has 2 aromatic carbocycles. The Labute approximate surface area is 164 Å². The molecule has 150 valence electrons. The number of hydrogen-bond donors (Lipinski definition) is 1. The van der Waals surface area contributed by atoms with Crippen LogP contribution in [0.4, 0.5) is 0 Å². The lowest BCUT2D eigenvalue weighted by molar-refractivity contribution is 0.481. The topological polar surface area (TPSA) is 54.4 Å². The lowest BCUT2D eigenvalue weighted by atomic mass is 10.0. The van der Waals surface area contributed by atoms with Crippen LogP contribution in [0.2, 0.25) is 0 Å². The standard InChI is InChI=1S/C23H34O3S/c1-2-3-4-5-6-7-8-9-10-11-12-17-22-18-20-15-13-14-16-21(20)19-23(22)27(24,25)26/h13-16,18-19H,2-12,17H2,1H3,(H,24,25,26). The molecule has 2 rings (SSSR count). The predicted molar refractivity (Wildman–Crippen MR) is 114 cm³/mol. The molecule has 27 heavy (non-hydrogen) atoms. The van der Waals surface area contributed by atoms with Gasteiger partial charge >= 0.3 is 0 Å². The molecule has 0 aliphatic rings. The maximum absolute atomic E-state index is 11.8. The van der Waals surface area contributed by atoms with Crippen LogP contribution in [-0.2, 0) is 16.5 Å². The van der Waals surface area contributed by atoms with Crippen molar-refractivity contribution in [2.24, 2.45) is 0 Å². The number of hydrogen-bond acceptors (Lipinski definition) is 2. The van der Waals surface area contributed by atoms with Crippen molar-refractivity contribution >= 4 is 20.9 Å². The maximum atomic E-state index is 11.8. The van der Waals surface area contributed by atoms with Gasteiger partial charge in [-0.1, -0.05) is 95.4 Å². The van der Waals surface area contributed by atoms with E-state index in [1.807, 2.05) is 30.3 Å². The molecule has 0 bridgehead atoms. The number of aryl methyl sites for hydroxylation is 1. The van der Waals surface area contributed by atoms with Crippen LogP contribution in [0.1, 0.15) is 83.1 Å². The van der Waals surface area contributed by atoms with E-state index in [-0.39, 0.29) is 4.90 Å². The Kier molecular flexibility index (Phi) is 9.29. The Hall–Kier alpha value is -1.39. The third kappa shape index (κ3) is 7.63. The Morgan fingerprint density at radius 3 is 1.74 bits per heavy atom. The predicted octanol–water partition coefficient (Wildman–Crippen LogP) is 6.94. The molecule has 4 heteroatoms. The monoisotopic (exact) mass is 390 g/mol. The van der Waals surface area contributed by atoms with Gasteiger partial charge in [-0.15, -0.1) is 0 Å². The van der Waals surface area contributed by atoms with Crippen molar-refractivity contribution in [3.63, 3.8) is 0 Å². The molecule has 0 atom stereocenters. The van der Waals surface area contributed by atoms with Crippen LogP contribution < -0.4 is 0 Å². The van der Waals surface area contributed by atoms with Crippen molar-refractivity contribution in [1.82, 2.24) is 0 Å². The SMILES string of the molecule is CCCCCCCCCCCCCc1cc2ccccc2cc1S(=O)(=O)O. The summed E-state index contributed by atoms with van der Waals surface area (Å²) in [7, 11) is -4.19. The fourth-order valence-corrected chi connectivity index (χ4v) is 4.45. The first-order chi connectivity index (χ1) is 13.0. The molecule has 0 unspecified atom stereocenters. The number of fused-ring (bicyclic) bond motifs is 1. The zero-order chi connectivity index (χ0) is 19.5. The smallest absolute Gasteiger partial charge is 0.282 e. The van der Waals surface area contributed by atoms with E-state index in [0.717, 1.165) is 29.2 Å². The van der Waals surface area contributed by atoms with Gasteiger partial charge in [0, 0.05) is 0 Å². The maximum Gasteiger partial charge on any atom is 0.294 e. The van der Waals surface area contributed by atoms with E-state index in [2.05, 4.69) is 6.92 Å². The van der Waals surface area contributed by atoms with Crippen LogP contribution in [0.15, 0.2) is 41.3 Å². The minimum atomic E-state index is -4.19.